The lowest BCUT2D eigenvalue weighted by Crippen LogP contribution is -2.43. The molecule has 0 bridgehead atoms. The molecule has 2 amide bonds. The number of carboxylic acids is 1. The summed E-state index contributed by atoms with van der Waals surface area (Å²) < 4.78 is 55.3. The minimum absolute atomic E-state index is 0.0197. The normalized spacial score (nSPS) is 14.7. The average Bonchev–Trinajstić information content (AvgIpc) is 2.63. The predicted octanol–water partition coefficient (Wildman–Crippen LogP) is 1.90. The highest BCUT2D eigenvalue weighted by Gasteiger charge is 2.32. The van der Waals surface area contributed by atoms with Crippen LogP contribution in [0.25, 0.3) is 0 Å². The van der Waals surface area contributed by atoms with Crippen LogP contribution < -0.4 is 10.1 Å². The number of carbonyl (C=O) groups is 3. The van der Waals surface area contributed by atoms with Gasteiger partial charge in [0.05, 0.1) is 13.0 Å². The fraction of sp³-hybridized carbons (Fsp3) is 0.389. The van der Waals surface area contributed by atoms with Crippen molar-refractivity contribution >= 4 is 17.8 Å². The van der Waals surface area contributed by atoms with Crippen molar-refractivity contribution in [1.29, 1.82) is 0 Å². The molecule has 0 radical (unpaired) electrons. The van der Waals surface area contributed by atoms with E-state index in [4.69, 9.17) is 9.84 Å². The molecule has 1 heterocycles. The molecule has 0 saturated heterocycles. The van der Waals surface area contributed by atoms with Crippen molar-refractivity contribution in [3.63, 3.8) is 0 Å². The molecule has 2 rings (SSSR count). The van der Waals surface area contributed by atoms with Crippen LogP contribution in [0.3, 0.4) is 0 Å². The minimum Gasteiger partial charge on any atom is -0.511 e. The van der Waals surface area contributed by atoms with Crippen LogP contribution >= 0.6 is 0 Å². The molecule has 1 aliphatic rings. The summed E-state index contributed by atoms with van der Waals surface area (Å²) in [6.07, 6.45) is -5.74. The van der Waals surface area contributed by atoms with Crippen LogP contribution in [-0.4, -0.2) is 58.8 Å². The highest BCUT2D eigenvalue weighted by atomic mass is 19.4. The molecule has 30 heavy (non-hydrogen) atoms. The first-order valence-electron chi connectivity index (χ1n) is 8.67. The van der Waals surface area contributed by atoms with Gasteiger partial charge >= 0.3 is 12.1 Å². The van der Waals surface area contributed by atoms with E-state index in [0.29, 0.717) is 0 Å². The van der Waals surface area contributed by atoms with Gasteiger partial charge in [-0.15, -0.1) is 0 Å². The van der Waals surface area contributed by atoms with E-state index in [-0.39, 0.29) is 30.8 Å². The maximum absolute atomic E-state index is 14.1. The first-order chi connectivity index (χ1) is 14.0. The molecule has 8 nitrogen and oxygen atoms in total. The summed E-state index contributed by atoms with van der Waals surface area (Å²) in [6.45, 7) is -1.62. The van der Waals surface area contributed by atoms with Crippen molar-refractivity contribution in [1.82, 2.24) is 10.2 Å². The van der Waals surface area contributed by atoms with Crippen LogP contribution in [0, 0.1) is 5.82 Å². The number of ether oxygens (including phenoxy) is 1. The number of hydrogen-bond donors (Lipinski definition) is 3. The van der Waals surface area contributed by atoms with Gasteiger partial charge in [0.2, 0.25) is 0 Å². The van der Waals surface area contributed by atoms with Crippen LogP contribution in [0.4, 0.5) is 17.6 Å². The summed E-state index contributed by atoms with van der Waals surface area (Å²) in [7, 11) is 0. The zero-order valence-corrected chi connectivity index (χ0v) is 15.5. The van der Waals surface area contributed by atoms with Crippen molar-refractivity contribution in [3.8, 4) is 5.75 Å². The van der Waals surface area contributed by atoms with Crippen molar-refractivity contribution in [3.05, 3.63) is 40.9 Å². The molecule has 0 atom stereocenters. The van der Waals surface area contributed by atoms with Gasteiger partial charge in [-0.3, -0.25) is 14.4 Å². The molecule has 0 aromatic heterocycles. The van der Waals surface area contributed by atoms with E-state index in [1.165, 1.54) is 6.07 Å². The van der Waals surface area contributed by atoms with Gasteiger partial charge in [-0.1, -0.05) is 6.07 Å². The van der Waals surface area contributed by atoms with E-state index in [0.717, 1.165) is 17.0 Å². The van der Waals surface area contributed by atoms with Gasteiger partial charge in [-0.2, -0.15) is 13.2 Å². The number of nitrogens with zero attached hydrogens (tertiary/aromatic N) is 1. The number of halogens is 4. The van der Waals surface area contributed by atoms with Crippen LogP contribution in [-0.2, 0) is 20.9 Å². The third-order valence-corrected chi connectivity index (χ3v) is 4.05. The quantitative estimate of drug-likeness (QED) is 0.425. The molecule has 0 fully saturated rings. The molecule has 0 spiro atoms. The second-order valence-electron chi connectivity index (χ2n) is 6.35. The topological polar surface area (TPSA) is 116 Å². The van der Waals surface area contributed by atoms with Crippen LogP contribution in [0.1, 0.15) is 18.4 Å². The Labute approximate surface area is 167 Å². The number of amides is 2. The first kappa shape index (κ1) is 23.0. The van der Waals surface area contributed by atoms with Gasteiger partial charge in [0.15, 0.2) is 11.6 Å². The first-order valence-corrected chi connectivity index (χ1v) is 8.67. The Kier molecular flexibility index (Phi) is 7.24. The van der Waals surface area contributed by atoms with Crippen LogP contribution in [0.5, 0.6) is 5.75 Å². The molecule has 0 saturated carbocycles. The number of alkyl halides is 3. The van der Waals surface area contributed by atoms with Crippen molar-refractivity contribution in [2.75, 3.05) is 19.7 Å². The van der Waals surface area contributed by atoms with Gasteiger partial charge in [0.25, 0.3) is 11.8 Å². The zero-order valence-electron chi connectivity index (χ0n) is 15.5. The van der Waals surface area contributed by atoms with Gasteiger partial charge < -0.3 is 25.2 Å². The van der Waals surface area contributed by atoms with E-state index in [1.54, 1.807) is 0 Å². The zero-order chi connectivity index (χ0) is 22.5. The monoisotopic (exact) mass is 434 g/mol. The summed E-state index contributed by atoms with van der Waals surface area (Å²) in [5.74, 6) is -5.04. The minimum atomic E-state index is -4.43. The SMILES string of the molecule is O=C(O)CNC(=O)C1=C(O)CCN(Cc2ccc(OCCC(F)(F)F)c(F)c2)C1=O. The lowest BCUT2D eigenvalue weighted by molar-refractivity contribution is -0.139. The maximum Gasteiger partial charge on any atom is 0.392 e. The third-order valence-electron chi connectivity index (χ3n) is 4.05. The van der Waals surface area contributed by atoms with E-state index >= 15 is 0 Å². The number of aliphatic hydroxyl groups is 1. The standard InChI is InChI=1S/C18H18F4N2O6/c19-11-7-10(1-2-13(11)30-6-4-18(20,21)22)9-24-5-3-12(25)15(17(24)29)16(28)23-8-14(26)27/h1-2,7,25H,3-6,8-9H2,(H,23,28)(H,26,27). The molecular formula is C18H18F4N2O6. The molecule has 0 unspecified atom stereocenters. The highest BCUT2D eigenvalue weighted by Crippen LogP contribution is 2.24. The summed E-state index contributed by atoms with van der Waals surface area (Å²) in [4.78, 5) is 36.2. The third kappa shape index (κ3) is 6.36. The summed E-state index contributed by atoms with van der Waals surface area (Å²) in [5.41, 5.74) is -0.328. The number of rotatable bonds is 8. The second kappa shape index (κ2) is 9.46. The average molecular weight is 434 g/mol. The van der Waals surface area contributed by atoms with E-state index in [1.807, 2.05) is 5.32 Å². The van der Waals surface area contributed by atoms with E-state index in [9.17, 15) is 37.1 Å². The fourth-order valence-electron chi connectivity index (χ4n) is 2.63. The summed E-state index contributed by atoms with van der Waals surface area (Å²) >= 11 is 0. The number of aliphatic hydroxyl groups excluding tert-OH is 1. The van der Waals surface area contributed by atoms with Crippen molar-refractivity contribution in [2.24, 2.45) is 0 Å². The summed E-state index contributed by atoms with van der Waals surface area (Å²) in [5, 5.41) is 20.4. The Hall–Kier alpha value is -3.31. The molecule has 1 aliphatic heterocycles. The van der Waals surface area contributed by atoms with E-state index in [2.05, 4.69) is 0 Å². The maximum atomic E-state index is 14.1. The number of hydrogen-bond acceptors (Lipinski definition) is 5. The van der Waals surface area contributed by atoms with Crippen molar-refractivity contribution < 1.29 is 46.9 Å². The molecule has 164 valence electrons. The fourth-order valence-corrected chi connectivity index (χ4v) is 2.63. The molecular weight excluding hydrogens is 416 g/mol. The van der Waals surface area contributed by atoms with Crippen molar-refractivity contribution in [2.45, 2.75) is 25.6 Å². The number of aliphatic carboxylic acids is 1. The smallest absolute Gasteiger partial charge is 0.392 e. The second-order valence-corrected chi connectivity index (χ2v) is 6.35. The van der Waals surface area contributed by atoms with E-state index < -0.39 is 60.7 Å². The Bertz CT molecular complexity index is 869. The molecule has 12 heteroatoms. The summed E-state index contributed by atoms with van der Waals surface area (Å²) in [6, 6.07) is 3.46. The Balaban J connectivity index is 2.04. The van der Waals surface area contributed by atoms with Gasteiger partial charge in [-0.25, -0.2) is 4.39 Å². The Morgan fingerprint density at radius 1 is 1.27 bits per heavy atom. The van der Waals surface area contributed by atoms with Gasteiger partial charge in [0, 0.05) is 19.5 Å². The Morgan fingerprint density at radius 2 is 1.97 bits per heavy atom. The molecule has 1 aromatic carbocycles. The predicted molar refractivity (Wildman–Crippen MR) is 92.9 cm³/mol. The lowest BCUT2D eigenvalue weighted by Gasteiger charge is -2.28. The van der Waals surface area contributed by atoms with Crippen LogP contribution in [0.2, 0.25) is 0 Å². The number of benzene rings is 1. The number of nitrogens with one attached hydrogen (secondary N) is 1. The largest absolute Gasteiger partial charge is 0.511 e. The lowest BCUT2D eigenvalue weighted by atomic mass is 10.0. The number of carbonyl (C=O) groups excluding carboxylic acids is 2. The molecule has 1 aromatic rings. The molecule has 3 N–H and O–H groups in total. The number of carboxylic acid groups (broad SMARTS) is 1. The Morgan fingerprint density at radius 3 is 2.57 bits per heavy atom. The highest BCUT2D eigenvalue weighted by molar-refractivity contribution is 6.19. The van der Waals surface area contributed by atoms with Crippen LogP contribution in [0.15, 0.2) is 29.5 Å². The van der Waals surface area contributed by atoms with Gasteiger partial charge in [0.1, 0.15) is 17.9 Å². The van der Waals surface area contributed by atoms with Gasteiger partial charge in [-0.05, 0) is 17.7 Å². The molecule has 0 aliphatic carbocycles.